The van der Waals surface area contributed by atoms with Crippen LogP contribution in [0, 0.1) is 5.92 Å². The second-order valence-electron chi connectivity index (χ2n) is 8.22. The number of halogens is 3. The van der Waals surface area contributed by atoms with E-state index in [0.717, 1.165) is 19.4 Å². The molecule has 32 heavy (non-hydrogen) atoms. The first-order valence-corrected chi connectivity index (χ1v) is 11.7. The molecular formula is C20H26F3N3O5S. The van der Waals surface area contributed by atoms with E-state index < -0.39 is 45.6 Å². The molecule has 3 N–H and O–H groups in total. The summed E-state index contributed by atoms with van der Waals surface area (Å²) in [6, 6.07) is 5.02. The van der Waals surface area contributed by atoms with Crippen LogP contribution in [0.4, 0.5) is 13.2 Å². The summed E-state index contributed by atoms with van der Waals surface area (Å²) < 4.78 is 70.5. The van der Waals surface area contributed by atoms with Gasteiger partial charge in [0.1, 0.15) is 0 Å². The zero-order valence-corrected chi connectivity index (χ0v) is 18.5. The summed E-state index contributed by atoms with van der Waals surface area (Å²) in [6.07, 6.45) is -3.13. The predicted molar refractivity (Wildman–Crippen MR) is 108 cm³/mol. The molecule has 1 heterocycles. The molecule has 178 valence electrons. The summed E-state index contributed by atoms with van der Waals surface area (Å²) in [5.41, 5.74) is -0.799. The molecule has 8 nitrogen and oxygen atoms in total. The minimum atomic E-state index is -5.01. The molecule has 2 aliphatic rings. The Labute approximate surface area is 184 Å². The Hall–Kier alpha value is -2.18. The third kappa shape index (κ3) is 5.24. The zero-order valence-electron chi connectivity index (χ0n) is 17.7. The van der Waals surface area contributed by atoms with E-state index in [-0.39, 0.29) is 10.9 Å². The second kappa shape index (κ2) is 8.99. The smallest absolute Gasteiger partial charge is 0.379 e. The van der Waals surface area contributed by atoms with Crippen molar-refractivity contribution in [3.8, 4) is 0 Å². The van der Waals surface area contributed by atoms with Gasteiger partial charge in [0.05, 0.1) is 22.5 Å². The largest absolute Gasteiger partial charge is 0.471 e. The van der Waals surface area contributed by atoms with E-state index in [2.05, 4.69) is 5.32 Å². The maximum Gasteiger partial charge on any atom is 0.471 e. The zero-order chi connectivity index (χ0) is 23.7. The maximum absolute atomic E-state index is 12.7. The standard InChI is InChI=1S/C20H26F3N3O5S/c1-12(16(31-2)15-4-3-11-24-15)17(27)26-32(29,30)14-7-5-13(6-8-14)19(9-10-19)25-18(28)20(21,22)23/h5-8,12,15-16,24H,3-4,9-11H2,1-2H3,(H,25,28)(H,26,27)/t12-,15?,16-/m1/s1. The average Bonchev–Trinajstić information content (AvgIpc) is 3.30. The first-order chi connectivity index (χ1) is 14.9. The molecule has 1 aliphatic heterocycles. The molecule has 2 fully saturated rings. The molecule has 0 spiro atoms. The number of nitrogens with one attached hydrogen (secondary N) is 3. The van der Waals surface area contributed by atoms with Crippen molar-refractivity contribution in [3.05, 3.63) is 29.8 Å². The van der Waals surface area contributed by atoms with E-state index in [0.29, 0.717) is 18.4 Å². The van der Waals surface area contributed by atoms with E-state index in [4.69, 9.17) is 4.74 Å². The average molecular weight is 478 g/mol. The number of hydrogen-bond acceptors (Lipinski definition) is 6. The number of alkyl halides is 3. The second-order valence-corrected chi connectivity index (χ2v) is 9.90. The first-order valence-electron chi connectivity index (χ1n) is 10.2. The Morgan fingerprint density at radius 3 is 2.31 bits per heavy atom. The Morgan fingerprint density at radius 1 is 1.22 bits per heavy atom. The van der Waals surface area contributed by atoms with Crippen molar-refractivity contribution in [1.29, 1.82) is 0 Å². The Morgan fingerprint density at radius 2 is 1.84 bits per heavy atom. The van der Waals surface area contributed by atoms with Crippen LogP contribution >= 0.6 is 0 Å². The van der Waals surface area contributed by atoms with Crippen molar-refractivity contribution < 1.29 is 35.9 Å². The number of rotatable bonds is 8. The van der Waals surface area contributed by atoms with Gasteiger partial charge in [0.15, 0.2) is 0 Å². The number of carbonyl (C=O) groups excluding carboxylic acids is 2. The van der Waals surface area contributed by atoms with Gasteiger partial charge in [0.2, 0.25) is 5.91 Å². The van der Waals surface area contributed by atoms with Crippen molar-refractivity contribution in [3.63, 3.8) is 0 Å². The number of benzene rings is 1. The number of carbonyl (C=O) groups is 2. The van der Waals surface area contributed by atoms with Gasteiger partial charge in [0, 0.05) is 13.2 Å². The van der Waals surface area contributed by atoms with Gasteiger partial charge < -0.3 is 15.4 Å². The van der Waals surface area contributed by atoms with Crippen molar-refractivity contribution in [2.24, 2.45) is 5.92 Å². The van der Waals surface area contributed by atoms with Gasteiger partial charge in [-0.15, -0.1) is 0 Å². The molecule has 0 bridgehead atoms. The highest BCUT2D eigenvalue weighted by Crippen LogP contribution is 2.46. The summed E-state index contributed by atoms with van der Waals surface area (Å²) in [7, 11) is -2.74. The first kappa shape index (κ1) is 24.5. The van der Waals surface area contributed by atoms with Crippen LogP contribution in [-0.2, 0) is 29.9 Å². The minimum Gasteiger partial charge on any atom is -0.379 e. The molecule has 0 aromatic heterocycles. The predicted octanol–water partition coefficient (Wildman–Crippen LogP) is 1.56. The highest BCUT2D eigenvalue weighted by molar-refractivity contribution is 7.90. The molecule has 1 saturated heterocycles. The lowest BCUT2D eigenvalue weighted by Crippen LogP contribution is -2.47. The van der Waals surface area contributed by atoms with Gasteiger partial charge in [-0.3, -0.25) is 9.59 Å². The van der Waals surface area contributed by atoms with Crippen LogP contribution in [0.25, 0.3) is 0 Å². The maximum atomic E-state index is 12.7. The number of methoxy groups -OCH3 is 1. The summed E-state index contributed by atoms with van der Waals surface area (Å²) >= 11 is 0. The van der Waals surface area contributed by atoms with Crippen LogP contribution in [0.15, 0.2) is 29.2 Å². The van der Waals surface area contributed by atoms with Gasteiger partial charge in [-0.2, -0.15) is 13.2 Å². The van der Waals surface area contributed by atoms with Crippen LogP contribution in [0.3, 0.4) is 0 Å². The lowest BCUT2D eigenvalue weighted by atomic mass is 9.96. The molecule has 1 aliphatic carbocycles. The van der Waals surface area contributed by atoms with Crippen molar-refractivity contribution in [2.45, 2.75) is 61.4 Å². The molecule has 1 unspecified atom stereocenters. The van der Waals surface area contributed by atoms with Gasteiger partial charge in [-0.05, 0) is 49.9 Å². The molecule has 3 atom stereocenters. The SMILES string of the molecule is CO[C@@H](C1CCCN1)[C@@H](C)C(=O)NS(=O)(=O)c1ccc(C2(NC(=O)C(F)(F)F)CC2)cc1. The fraction of sp³-hybridized carbons (Fsp3) is 0.600. The quantitative estimate of drug-likeness (QED) is 0.524. The lowest BCUT2D eigenvalue weighted by molar-refractivity contribution is -0.174. The lowest BCUT2D eigenvalue weighted by Gasteiger charge is -2.27. The van der Waals surface area contributed by atoms with Crippen molar-refractivity contribution in [1.82, 2.24) is 15.4 Å². The summed E-state index contributed by atoms with van der Waals surface area (Å²) in [5, 5.41) is 5.20. The van der Waals surface area contributed by atoms with E-state index in [1.165, 1.54) is 31.4 Å². The number of sulfonamides is 1. The van der Waals surface area contributed by atoms with E-state index in [1.54, 1.807) is 6.92 Å². The summed E-state index contributed by atoms with van der Waals surface area (Å²) in [6.45, 7) is 2.39. The molecule has 1 saturated carbocycles. The van der Waals surface area contributed by atoms with Gasteiger partial charge in [0.25, 0.3) is 10.0 Å². The highest BCUT2D eigenvalue weighted by Gasteiger charge is 2.51. The highest BCUT2D eigenvalue weighted by atomic mass is 32.2. The molecular weight excluding hydrogens is 451 g/mol. The van der Waals surface area contributed by atoms with Crippen LogP contribution in [0.5, 0.6) is 0 Å². The van der Waals surface area contributed by atoms with Crippen LogP contribution in [0.1, 0.15) is 38.2 Å². The molecule has 2 amide bonds. The third-order valence-corrected chi connectivity index (χ3v) is 7.35. The number of hydrogen-bond donors (Lipinski definition) is 3. The van der Waals surface area contributed by atoms with Gasteiger partial charge >= 0.3 is 12.1 Å². The van der Waals surface area contributed by atoms with E-state index >= 15 is 0 Å². The van der Waals surface area contributed by atoms with Crippen molar-refractivity contribution in [2.75, 3.05) is 13.7 Å². The number of amides is 2. The Balaban J connectivity index is 1.68. The fourth-order valence-electron chi connectivity index (χ4n) is 3.99. The molecule has 1 aromatic rings. The van der Waals surface area contributed by atoms with E-state index in [9.17, 15) is 31.2 Å². The van der Waals surface area contributed by atoms with Crippen LogP contribution in [-0.4, -0.2) is 52.2 Å². The molecule has 12 heteroatoms. The van der Waals surface area contributed by atoms with Crippen molar-refractivity contribution >= 4 is 21.8 Å². The normalized spacial score (nSPS) is 22.1. The minimum absolute atomic E-state index is 0.0515. The van der Waals surface area contributed by atoms with E-state index in [1.807, 2.05) is 10.0 Å². The van der Waals surface area contributed by atoms with Crippen LogP contribution < -0.4 is 15.4 Å². The Bertz CT molecular complexity index is 956. The van der Waals surface area contributed by atoms with Gasteiger partial charge in [-0.1, -0.05) is 19.1 Å². The Kier molecular flexibility index (Phi) is 6.87. The third-order valence-electron chi connectivity index (χ3n) is 5.99. The monoisotopic (exact) mass is 477 g/mol. The molecule has 1 aromatic carbocycles. The summed E-state index contributed by atoms with van der Waals surface area (Å²) in [4.78, 5) is 23.7. The fourth-order valence-corrected chi connectivity index (χ4v) is 5.06. The number of ether oxygens (including phenoxy) is 1. The molecule has 0 radical (unpaired) electrons. The van der Waals surface area contributed by atoms with Crippen LogP contribution in [0.2, 0.25) is 0 Å². The summed E-state index contributed by atoms with van der Waals surface area (Å²) in [5.74, 6) is -3.50. The topological polar surface area (TPSA) is 114 Å². The molecule has 3 rings (SSSR count). The van der Waals surface area contributed by atoms with Gasteiger partial charge in [-0.25, -0.2) is 13.1 Å².